The summed E-state index contributed by atoms with van der Waals surface area (Å²) in [5.41, 5.74) is 0. The van der Waals surface area contributed by atoms with E-state index in [1.807, 2.05) is 11.8 Å². The van der Waals surface area contributed by atoms with Crippen LogP contribution in [0.4, 0.5) is 0 Å². The fourth-order valence-electron chi connectivity index (χ4n) is 0.504. The molecule has 0 aromatic carbocycles. The molecule has 40 valence electrons. The lowest BCUT2D eigenvalue weighted by atomic mass is 10.4. The van der Waals surface area contributed by atoms with Crippen LogP contribution >= 0.6 is 23.4 Å². The minimum absolute atomic E-state index is 1.04. The molecule has 0 spiro atoms. The largest absolute Gasteiger partial charge is 0.157 e. The van der Waals surface area contributed by atoms with Gasteiger partial charge in [0.1, 0.15) is 0 Å². The summed E-state index contributed by atoms with van der Waals surface area (Å²) < 4.78 is 0. The molecular formula is C5H7ClS. The average Bonchev–Trinajstić information content (AvgIpc) is 1.69. The van der Waals surface area contributed by atoms with Crippen LogP contribution in [-0.4, -0.2) is 11.5 Å². The second kappa shape index (κ2) is 2.63. The number of thioether (sulfide) groups is 1. The summed E-state index contributed by atoms with van der Waals surface area (Å²) in [6, 6.07) is 0. The lowest BCUT2D eigenvalue weighted by Gasteiger charge is -2.03. The Hall–Kier alpha value is 0.380. The molecule has 0 radical (unpaired) electrons. The Labute approximate surface area is 52.9 Å². The standard InChI is InChI=1S/C5H7ClS/c6-5-1-3-7-4-2-5/h1H,2-4H2. The van der Waals surface area contributed by atoms with Crippen molar-refractivity contribution in [3.63, 3.8) is 0 Å². The van der Waals surface area contributed by atoms with Crippen LogP contribution in [-0.2, 0) is 0 Å². The van der Waals surface area contributed by atoms with Crippen LogP contribution in [0.1, 0.15) is 6.42 Å². The molecule has 1 rings (SSSR count). The van der Waals surface area contributed by atoms with Crippen LogP contribution < -0.4 is 0 Å². The molecule has 0 bridgehead atoms. The Balaban J connectivity index is 2.40. The Morgan fingerprint density at radius 2 is 2.57 bits per heavy atom. The first-order valence-electron chi connectivity index (χ1n) is 2.32. The smallest absolute Gasteiger partial charge is 0.0157 e. The third-order valence-electron chi connectivity index (χ3n) is 0.908. The van der Waals surface area contributed by atoms with Gasteiger partial charge in [-0.25, -0.2) is 0 Å². The summed E-state index contributed by atoms with van der Waals surface area (Å²) in [6.07, 6.45) is 3.15. The molecule has 0 atom stereocenters. The van der Waals surface area contributed by atoms with E-state index in [1.54, 1.807) is 0 Å². The van der Waals surface area contributed by atoms with Crippen molar-refractivity contribution in [2.45, 2.75) is 6.42 Å². The average molecular weight is 135 g/mol. The third-order valence-corrected chi connectivity index (χ3v) is 2.15. The highest BCUT2D eigenvalue weighted by molar-refractivity contribution is 7.99. The van der Waals surface area contributed by atoms with Crippen LogP contribution in [0.25, 0.3) is 0 Å². The Morgan fingerprint density at radius 3 is 2.86 bits per heavy atom. The third kappa shape index (κ3) is 1.74. The molecule has 0 amide bonds. The van der Waals surface area contributed by atoms with Gasteiger partial charge in [0.2, 0.25) is 0 Å². The molecule has 0 unspecified atom stereocenters. The van der Waals surface area contributed by atoms with Gasteiger partial charge in [0.05, 0.1) is 0 Å². The van der Waals surface area contributed by atoms with Crippen LogP contribution in [0.15, 0.2) is 11.1 Å². The lowest BCUT2D eigenvalue weighted by Crippen LogP contribution is -1.88. The van der Waals surface area contributed by atoms with E-state index in [0.29, 0.717) is 0 Å². The zero-order chi connectivity index (χ0) is 5.11. The fraction of sp³-hybridized carbons (Fsp3) is 0.600. The van der Waals surface area contributed by atoms with Gasteiger partial charge in [-0.15, -0.1) is 0 Å². The first-order valence-corrected chi connectivity index (χ1v) is 3.85. The van der Waals surface area contributed by atoms with Crippen molar-refractivity contribution in [2.24, 2.45) is 0 Å². The molecule has 0 aliphatic carbocycles. The number of allylic oxidation sites excluding steroid dienone is 1. The van der Waals surface area contributed by atoms with Gasteiger partial charge in [-0.2, -0.15) is 11.8 Å². The van der Waals surface area contributed by atoms with Gasteiger partial charge in [-0.05, 0) is 12.2 Å². The summed E-state index contributed by atoms with van der Waals surface area (Å²) in [6.45, 7) is 0. The Morgan fingerprint density at radius 1 is 1.71 bits per heavy atom. The van der Waals surface area contributed by atoms with Crippen molar-refractivity contribution in [3.05, 3.63) is 11.1 Å². The van der Waals surface area contributed by atoms with E-state index >= 15 is 0 Å². The highest BCUT2D eigenvalue weighted by atomic mass is 35.5. The zero-order valence-electron chi connectivity index (χ0n) is 3.98. The molecule has 0 saturated carbocycles. The maximum absolute atomic E-state index is 5.66. The number of hydrogen-bond acceptors (Lipinski definition) is 1. The molecule has 0 saturated heterocycles. The van der Waals surface area contributed by atoms with E-state index < -0.39 is 0 Å². The second-order valence-electron chi connectivity index (χ2n) is 1.48. The lowest BCUT2D eigenvalue weighted by molar-refractivity contribution is 1.19. The first kappa shape index (κ1) is 5.52. The zero-order valence-corrected chi connectivity index (χ0v) is 5.56. The van der Waals surface area contributed by atoms with Crippen molar-refractivity contribution in [2.75, 3.05) is 11.5 Å². The number of hydrogen-bond donors (Lipinski definition) is 0. The van der Waals surface area contributed by atoms with Gasteiger partial charge in [-0.1, -0.05) is 17.7 Å². The van der Waals surface area contributed by atoms with Gasteiger partial charge in [-0.3, -0.25) is 0 Å². The van der Waals surface area contributed by atoms with E-state index in [0.717, 1.165) is 17.2 Å². The molecule has 0 aromatic rings. The monoisotopic (exact) mass is 134 g/mol. The van der Waals surface area contributed by atoms with E-state index in [9.17, 15) is 0 Å². The van der Waals surface area contributed by atoms with Gasteiger partial charge in [0, 0.05) is 10.8 Å². The van der Waals surface area contributed by atoms with Crippen molar-refractivity contribution >= 4 is 23.4 Å². The van der Waals surface area contributed by atoms with Crippen molar-refractivity contribution in [1.82, 2.24) is 0 Å². The summed E-state index contributed by atoms with van der Waals surface area (Å²) >= 11 is 7.60. The molecule has 1 aliphatic rings. The van der Waals surface area contributed by atoms with E-state index in [4.69, 9.17) is 11.6 Å². The SMILES string of the molecule is ClC1=CCSCC1. The molecule has 2 heteroatoms. The minimum atomic E-state index is 1.04. The second-order valence-corrected chi connectivity index (χ2v) is 3.11. The quantitative estimate of drug-likeness (QED) is 0.490. The van der Waals surface area contributed by atoms with Crippen LogP contribution in [0.3, 0.4) is 0 Å². The first-order chi connectivity index (χ1) is 3.39. The summed E-state index contributed by atoms with van der Waals surface area (Å²) in [5, 5.41) is 1.04. The minimum Gasteiger partial charge on any atom is -0.157 e. The number of rotatable bonds is 0. The summed E-state index contributed by atoms with van der Waals surface area (Å²) in [7, 11) is 0. The van der Waals surface area contributed by atoms with E-state index in [1.165, 1.54) is 5.75 Å². The molecule has 0 nitrogen and oxygen atoms in total. The molecule has 0 N–H and O–H groups in total. The summed E-state index contributed by atoms with van der Waals surface area (Å²) in [5.74, 6) is 2.31. The maximum atomic E-state index is 5.66. The highest BCUT2D eigenvalue weighted by Gasteiger charge is 1.97. The highest BCUT2D eigenvalue weighted by Crippen LogP contribution is 2.18. The molecular weight excluding hydrogens is 128 g/mol. The van der Waals surface area contributed by atoms with Crippen LogP contribution in [0.2, 0.25) is 0 Å². The molecule has 7 heavy (non-hydrogen) atoms. The Bertz CT molecular complexity index is 88.1. The molecule has 1 aliphatic heterocycles. The topological polar surface area (TPSA) is 0 Å². The van der Waals surface area contributed by atoms with E-state index in [-0.39, 0.29) is 0 Å². The number of halogens is 1. The molecule has 1 heterocycles. The van der Waals surface area contributed by atoms with Gasteiger partial charge in [0.15, 0.2) is 0 Å². The van der Waals surface area contributed by atoms with Crippen molar-refractivity contribution in [3.8, 4) is 0 Å². The summed E-state index contributed by atoms with van der Waals surface area (Å²) in [4.78, 5) is 0. The maximum Gasteiger partial charge on any atom is 0.0157 e. The van der Waals surface area contributed by atoms with Crippen LogP contribution in [0, 0.1) is 0 Å². The molecule has 0 fully saturated rings. The van der Waals surface area contributed by atoms with Crippen LogP contribution in [0.5, 0.6) is 0 Å². The molecule has 0 aromatic heterocycles. The Kier molecular flexibility index (Phi) is 2.07. The van der Waals surface area contributed by atoms with Gasteiger partial charge < -0.3 is 0 Å². The van der Waals surface area contributed by atoms with Gasteiger partial charge >= 0.3 is 0 Å². The predicted molar refractivity (Wildman–Crippen MR) is 35.9 cm³/mol. The normalized spacial score (nSPS) is 21.6. The van der Waals surface area contributed by atoms with Gasteiger partial charge in [0.25, 0.3) is 0 Å². The fourth-order valence-corrected chi connectivity index (χ4v) is 1.73. The van der Waals surface area contributed by atoms with Crippen molar-refractivity contribution < 1.29 is 0 Å². The van der Waals surface area contributed by atoms with Crippen molar-refractivity contribution in [1.29, 1.82) is 0 Å². The predicted octanol–water partition coefficient (Wildman–Crippen LogP) is 2.25. The van der Waals surface area contributed by atoms with E-state index in [2.05, 4.69) is 6.08 Å².